The zero-order valence-corrected chi connectivity index (χ0v) is 27.1. The van der Waals surface area contributed by atoms with Gasteiger partial charge in [-0.3, -0.25) is 9.59 Å². The number of hydrogen-bond acceptors (Lipinski definition) is 5. The van der Waals surface area contributed by atoms with E-state index in [4.69, 9.17) is 4.98 Å². The van der Waals surface area contributed by atoms with Crippen molar-refractivity contribution < 1.29 is 9.59 Å². The van der Waals surface area contributed by atoms with E-state index in [9.17, 15) is 9.59 Å². The van der Waals surface area contributed by atoms with E-state index >= 15 is 0 Å². The molecule has 1 aromatic carbocycles. The molecule has 1 aliphatic rings. The van der Waals surface area contributed by atoms with Crippen LogP contribution in [0.5, 0.6) is 0 Å². The maximum absolute atomic E-state index is 13.5. The molecule has 3 heterocycles. The lowest BCUT2D eigenvalue weighted by atomic mass is 9.97. The highest BCUT2D eigenvalue weighted by Crippen LogP contribution is 2.28. The van der Waals surface area contributed by atoms with Crippen LogP contribution in [0, 0.1) is 11.8 Å². The van der Waals surface area contributed by atoms with Gasteiger partial charge < -0.3 is 20.1 Å². The third kappa shape index (κ3) is 8.44. The number of amides is 2. The second kappa shape index (κ2) is 15.7. The van der Waals surface area contributed by atoms with Gasteiger partial charge >= 0.3 is 0 Å². The minimum Gasteiger partial charge on any atom is -0.354 e. The largest absolute Gasteiger partial charge is 0.354 e. The number of imidazole rings is 1. The van der Waals surface area contributed by atoms with Crippen LogP contribution in [0.4, 0.5) is 0 Å². The number of aromatic nitrogens is 2. The van der Waals surface area contributed by atoms with E-state index in [1.807, 2.05) is 18.2 Å². The molecule has 4 rings (SSSR count). The van der Waals surface area contributed by atoms with Gasteiger partial charge in [0.05, 0.1) is 11.0 Å². The Bertz CT molecular complexity index is 1280. The number of likely N-dealkylation sites (tertiary alicyclic amines) is 1. The van der Waals surface area contributed by atoms with Gasteiger partial charge in [-0.05, 0) is 99.5 Å². The first kappa shape index (κ1) is 32.2. The smallest absolute Gasteiger partial charge is 0.252 e. The molecule has 2 atom stereocenters. The van der Waals surface area contributed by atoms with Crippen LogP contribution in [0.25, 0.3) is 11.0 Å². The third-order valence-corrected chi connectivity index (χ3v) is 9.48. The topological polar surface area (TPSA) is 79.3 Å². The van der Waals surface area contributed by atoms with E-state index < -0.39 is 6.04 Å². The molecule has 2 unspecified atom stereocenters. The number of thiophene rings is 1. The fourth-order valence-corrected chi connectivity index (χ4v) is 6.96. The molecule has 2 aromatic heterocycles. The number of nitrogens with zero attached hydrogens (tertiary/aromatic N) is 3. The highest BCUT2D eigenvalue weighted by atomic mass is 32.1. The molecule has 1 aliphatic heterocycles. The Labute approximate surface area is 256 Å². The van der Waals surface area contributed by atoms with Gasteiger partial charge in [0.2, 0.25) is 5.91 Å². The molecular formula is C34H51N5O2S. The molecular weight excluding hydrogens is 542 g/mol. The molecule has 0 aliphatic carbocycles. The molecule has 2 amide bonds. The number of fused-ring (bicyclic) bond motifs is 1. The summed E-state index contributed by atoms with van der Waals surface area (Å²) in [5, 5.41) is 8.37. The minimum atomic E-state index is -0.553. The van der Waals surface area contributed by atoms with Crippen LogP contribution in [-0.2, 0) is 11.2 Å². The first-order valence-corrected chi connectivity index (χ1v) is 17.0. The van der Waals surface area contributed by atoms with Crippen LogP contribution in [0.2, 0.25) is 0 Å². The van der Waals surface area contributed by atoms with Crippen LogP contribution < -0.4 is 10.6 Å². The fraction of sp³-hybridized carbons (Fsp3) is 0.618. The Hall–Kier alpha value is -2.71. The molecule has 42 heavy (non-hydrogen) atoms. The van der Waals surface area contributed by atoms with Gasteiger partial charge in [0.1, 0.15) is 11.9 Å². The Balaban J connectivity index is 1.49. The van der Waals surface area contributed by atoms with Crippen molar-refractivity contribution >= 4 is 34.2 Å². The van der Waals surface area contributed by atoms with Crippen LogP contribution in [0.1, 0.15) is 107 Å². The van der Waals surface area contributed by atoms with Crippen LogP contribution in [0.3, 0.4) is 0 Å². The zero-order chi connectivity index (χ0) is 30.1. The summed E-state index contributed by atoms with van der Waals surface area (Å²) >= 11 is 1.74. The molecule has 2 N–H and O–H groups in total. The number of hydrogen-bond donors (Lipinski definition) is 2. The summed E-state index contributed by atoms with van der Waals surface area (Å²) < 4.78 is 2.36. The summed E-state index contributed by atoms with van der Waals surface area (Å²) in [5.74, 6) is 1.66. The van der Waals surface area contributed by atoms with Crippen molar-refractivity contribution in [2.75, 3.05) is 26.2 Å². The third-order valence-electron chi connectivity index (χ3n) is 8.61. The average molecular weight is 594 g/mol. The summed E-state index contributed by atoms with van der Waals surface area (Å²) in [4.78, 5) is 35.7. The van der Waals surface area contributed by atoms with Crippen molar-refractivity contribution in [1.82, 2.24) is 25.1 Å². The Morgan fingerprint density at radius 1 is 1.12 bits per heavy atom. The molecule has 230 valence electrons. The molecule has 3 aromatic rings. The van der Waals surface area contributed by atoms with E-state index in [1.165, 1.54) is 11.3 Å². The van der Waals surface area contributed by atoms with Crippen molar-refractivity contribution in [3.8, 4) is 0 Å². The monoisotopic (exact) mass is 593 g/mol. The van der Waals surface area contributed by atoms with Crippen molar-refractivity contribution in [3.63, 3.8) is 0 Å². The van der Waals surface area contributed by atoms with Crippen LogP contribution >= 0.6 is 11.3 Å². The SMILES string of the molecule is CCCN1CCCC(CNC(=O)C(CCC(C)C)NC(=O)c2ccc3c(c2)nc(Cc2cccs2)n3C(CC)CC)C1. The zero-order valence-electron chi connectivity index (χ0n) is 26.3. The number of carbonyl (C=O) groups excluding carboxylic acids is 2. The van der Waals surface area contributed by atoms with Crippen molar-refractivity contribution in [2.24, 2.45) is 11.8 Å². The maximum Gasteiger partial charge on any atom is 0.252 e. The van der Waals surface area contributed by atoms with E-state index in [0.29, 0.717) is 36.4 Å². The summed E-state index contributed by atoms with van der Waals surface area (Å²) in [6.45, 7) is 14.9. The predicted octanol–water partition coefficient (Wildman–Crippen LogP) is 6.82. The molecule has 0 radical (unpaired) electrons. The van der Waals surface area contributed by atoms with E-state index in [1.54, 1.807) is 11.3 Å². The lowest BCUT2D eigenvalue weighted by molar-refractivity contribution is -0.123. The van der Waals surface area contributed by atoms with Gasteiger partial charge in [0, 0.05) is 36.0 Å². The van der Waals surface area contributed by atoms with Crippen molar-refractivity contribution in [3.05, 3.63) is 52.0 Å². The number of nitrogens with one attached hydrogen (secondary N) is 2. The minimum absolute atomic E-state index is 0.0751. The highest BCUT2D eigenvalue weighted by Gasteiger charge is 2.25. The summed E-state index contributed by atoms with van der Waals surface area (Å²) in [5.41, 5.74) is 2.44. The Kier molecular flexibility index (Phi) is 12.0. The number of rotatable bonds is 15. The molecule has 0 spiro atoms. The van der Waals surface area contributed by atoms with Gasteiger partial charge in [-0.15, -0.1) is 11.3 Å². The first-order valence-electron chi connectivity index (χ1n) is 16.2. The second-order valence-electron chi connectivity index (χ2n) is 12.4. The standard InChI is InChI=1S/C34H51N5O2S/c1-6-17-38-18-9-11-25(23-38)22-35-34(41)29(15-13-24(4)5)37-33(40)26-14-16-31-30(20-26)36-32(21-28-12-10-19-42-28)39(31)27(7-2)8-3/h10,12,14,16,19-20,24-25,27,29H,6-9,11,13,15,17-18,21-23H2,1-5H3,(H,35,41)(H,37,40). The first-order chi connectivity index (χ1) is 20.3. The average Bonchev–Trinajstić information content (AvgIpc) is 3.62. The fourth-order valence-electron chi connectivity index (χ4n) is 6.26. The van der Waals surface area contributed by atoms with Gasteiger partial charge in [0.15, 0.2) is 0 Å². The Morgan fingerprint density at radius 2 is 1.93 bits per heavy atom. The van der Waals surface area contributed by atoms with Crippen LogP contribution in [-0.4, -0.2) is 58.5 Å². The van der Waals surface area contributed by atoms with Gasteiger partial charge in [0.25, 0.3) is 5.91 Å². The van der Waals surface area contributed by atoms with Crippen molar-refractivity contribution in [2.45, 2.75) is 98.1 Å². The quantitative estimate of drug-likeness (QED) is 0.203. The lowest BCUT2D eigenvalue weighted by Gasteiger charge is -2.32. The van der Waals surface area contributed by atoms with Crippen LogP contribution in [0.15, 0.2) is 35.7 Å². The number of carbonyl (C=O) groups is 2. The molecule has 1 fully saturated rings. The molecule has 7 nitrogen and oxygen atoms in total. The van der Waals surface area contributed by atoms with Crippen molar-refractivity contribution in [1.29, 1.82) is 0 Å². The predicted molar refractivity (Wildman–Crippen MR) is 174 cm³/mol. The molecule has 1 saturated heterocycles. The highest BCUT2D eigenvalue weighted by molar-refractivity contribution is 7.09. The molecule has 0 bridgehead atoms. The summed E-state index contributed by atoms with van der Waals surface area (Å²) in [6.07, 6.45) is 7.79. The summed E-state index contributed by atoms with van der Waals surface area (Å²) in [6, 6.07) is 9.83. The van der Waals surface area contributed by atoms with E-state index in [-0.39, 0.29) is 11.8 Å². The maximum atomic E-state index is 13.5. The van der Waals surface area contributed by atoms with E-state index in [2.05, 4.69) is 72.2 Å². The second-order valence-corrected chi connectivity index (χ2v) is 13.4. The van der Waals surface area contributed by atoms with Gasteiger partial charge in [-0.25, -0.2) is 4.98 Å². The van der Waals surface area contributed by atoms with Gasteiger partial charge in [-0.1, -0.05) is 40.7 Å². The number of piperidine rings is 1. The van der Waals surface area contributed by atoms with Gasteiger partial charge in [-0.2, -0.15) is 0 Å². The molecule has 0 saturated carbocycles. The number of benzene rings is 1. The normalized spacial score (nSPS) is 16.8. The lowest BCUT2D eigenvalue weighted by Crippen LogP contribution is -2.49. The molecule has 8 heteroatoms. The Morgan fingerprint density at radius 3 is 2.62 bits per heavy atom. The van der Waals surface area contributed by atoms with E-state index in [0.717, 1.165) is 75.0 Å². The summed E-state index contributed by atoms with van der Waals surface area (Å²) in [7, 11) is 0.